The fraction of sp³-hybridized carbons (Fsp3) is 0.211. The molecule has 3 rings (SSSR count). The summed E-state index contributed by atoms with van der Waals surface area (Å²) in [5, 5.41) is 9.50. The number of anilines is 1. The Morgan fingerprint density at radius 2 is 2.20 bits per heavy atom. The zero-order valence-corrected chi connectivity index (χ0v) is 15.5. The van der Waals surface area contributed by atoms with E-state index >= 15 is 0 Å². The number of thioether (sulfide) groups is 1. The van der Waals surface area contributed by atoms with Crippen LogP contribution < -0.4 is 5.32 Å². The van der Waals surface area contributed by atoms with E-state index < -0.39 is 0 Å². The van der Waals surface area contributed by atoms with Crippen LogP contribution in [0.2, 0.25) is 0 Å². The van der Waals surface area contributed by atoms with Crippen LogP contribution in [0, 0.1) is 6.92 Å². The van der Waals surface area contributed by atoms with Gasteiger partial charge in [0.1, 0.15) is 5.82 Å². The van der Waals surface area contributed by atoms with Crippen LogP contribution in [0.3, 0.4) is 0 Å². The van der Waals surface area contributed by atoms with Crippen molar-refractivity contribution in [2.45, 2.75) is 20.8 Å². The summed E-state index contributed by atoms with van der Waals surface area (Å²) in [4.78, 5) is 10.6. The highest BCUT2D eigenvalue weighted by atomic mass is 32.2. The van der Waals surface area contributed by atoms with Crippen molar-refractivity contribution in [3.63, 3.8) is 0 Å². The van der Waals surface area contributed by atoms with Crippen molar-refractivity contribution in [1.82, 2.24) is 19.6 Å². The third-order valence-corrected chi connectivity index (χ3v) is 4.56. The molecule has 5 nitrogen and oxygen atoms in total. The third-order valence-electron chi connectivity index (χ3n) is 3.70. The molecule has 1 N–H and O–H groups in total. The van der Waals surface area contributed by atoms with Crippen molar-refractivity contribution in [3.8, 4) is 11.3 Å². The zero-order valence-electron chi connectivity index (χ0n) is 14.7. The maximum absolute atomic E-state index is 4.81. The summed E-state index contributed by atoms with van der Waals surface area (Å²) in [6.45, 7) is 10.7. The van der Waals surface area contributed by atoms with E-state index in [4.69, 9.17) is 9.97 Å². The second kappa shape index (κ2) is 7.53. The number of pyridine rings is 1. The molecule has 0 aromatic carbocycles. The van der Waals surface area contributed by atoms with Crippen LogP contribution in [-0.2, 0) is 0 Å². The fourth-order valence-electron chi connectivity index (χ4n) is 2.63. The summed E-state index contributed by atoms with van der Waals surface area (Å²) in [6.07, 6.45) is 5.78. The highest BCUT2D eigenvalue weighted by Gasteiger charge is 2.13. The maximum Gasteiger partial charge on any atom is 0.165 e. The highest BCUT2D eigenvalue weighted by molar-refractivity contribution is 8.10. The van der Waals surface area contributed by atoms with Crippen molar-refractivity contribution in [3.05, 3.63) is 59.9 Å². The Labute approximate surface area is 151 Å². The molecule has 0 saturated carbocycles. The lowest BCUT2D eigenvalue weighted by atomic mass is 10.1. The van der Waals surface area contributed by atoms with Gasteiger partial charge in [0.15, 0.2) is 5.65 Å². The van der Waals surface area contributed by atoms with Gasteiger partial charge in [-0.3, -0.25) is 0 Å². The van der Waals surface area contributed by atoms with Crippen LogP contribution in [0.5, 0.6) is 0 Å². The standard InChI is InChI=1S/C19H21N5S/c1-5-17(25-7-3)15-8-9-24-19(23-15)14(12-21-24)16-10-13(4)11-18(22-16)20-6-2/h5,7-12H,3,6H2,1-2,4H3,(H,20,22)/b17-5-. The Balaban J connectivity index is 2.12. The molecule has 3 heterocycles. The van der Waals surface area contributed by atoms with E-state index in [0.29, 0.717) is 0 Å². The summed E-state index contributed by atoms with van der Waals surface area (Å²) < 4.78 is 1.78. The molecule has 0 spiro atoms. The molecule has 0 radical (unpaired) electrons. The summed E-state index contributed by atoms with van der Waals surface area (Å²) in [5.41, 5.74) is 4.63. The molecule has 6 heteroatoms. The van der Waals surface area contributed by atoms with E-state index in [0.717, 1.165) is 45.4 Å². The lowest BCUT2D eigenvalue weighted by molar-refractivity contribution is 0.936. The van der Waals surface area contributed by atoms with Gasteiger partial charge in [-0.25, -0.2) is 14.5 Å². The van der Waals surface area contributed by atoms with Crippen LogP contribution in [0.25, 0.3) is 21.8 Å². The van der Waals surface area contributed by atoms with Crippen LogP contribution >= 0.6 is 11.8 Å². The predicted molar refractivity (Wildman–Crippen MR) is 107 cm³/mol. The monoisotopic (exact) mass is 351 g/mol. The van der Waals surface area contributed by atoms with E-state index in [9.17, 15) is 0 Å². The summed E-state index contributed by atoms with van der Waals surface area (Å²) >= 11 is 1.56. The van der Waals surface area contributed by atoms with Gasteiger partial charge in [-0.1, -0.05) is 24.4 Å². The molecular weight excluding hydrogens is 330 g/mol. The van der Waals surface area contributed by atoms with Crippen molar-refractivity contribution in [2.24, 2.45) is 0 Å². The lowest BCUT2D eigenvalue weighted by Crippen LogP contribution is -2.01. The number of aromatic nitrogens is 4. The Morgan fingerprint density at radius 3 is 2.92 bits per heavy atom. The number of nitrogens with zero attached hydrogens (tertiary/aromatic N) is 4. The number of aryl methyl sites for hydroxylation is 1. The van der Waals surface area contributed by atoms with E-state index in [1.165, 1.54) is 0 Å². The van der Waals surface area contributed by atoms with Crippen LogP contribution in [0.15, 0.2) is 48.7 Å². The number of nitrogens with one attached hydrogen (secondary N) is 1. The van der Waals surface area contributed by atoms with Gasteiger partial charge in [0.05, 0.1) is 23.1 Å². The minimum absolute atomic E-state index is 0.794. The van der Waals surface area contributed by atoms with Gasteiger partial charge in [-0.15, -0.1) is 0 Å². The maximum atomic E-state index is 4.81. The van der Waals surface area contributed by atoms with Crippen molar-refractivity contribution in [2.75, 3.05) is 11.9 Å². The topological polar surface area (TPSA) is 55.1 Å². The van der Waals surface area contributed by atoms with Crippen LogP contribution in [0.1, 0.15) is 25.1 Å². The molecular formula is C19H21N5S. The van der Waals surface area contributed by atoms with Gasteiger partial charge >= 0.3 is 0 Å². The first-order valence-corrected chi connectivity index (χ1v) is 9.05. The molecule has 3 aromatic rings. The molecule has 0 unspecified atom stereocenters. The molecule has 0 bridgehead atoms. The van der Waals surface area contributed by atoms with Gasteiger partial charge in [-0.2, -0.15) is 5.10 Å². The summed E-state index contributed by atoms with van der Waals surface area (Å²) in [7, 11) is 0. The van der Waals surface area contributed by atoms with Gasteiger partial charge in [0.2, 0.25) is 0 Å². The minimum atomic E-state index is 0.794. The highest BCUT2D eigenvalue weighted by Crippen LogP contribution is 2.29. The molecule has 0 saturated heterocycles. The third kappa shape index (κ3) is 3.58. The number of rotatable bonds is 6. The quantitative estimate of drug-likeness (QED) is 0.693. The second-order valence-corrected chi connectivity index (χ2v) is 6.53. The van der Waals surface area contributed by atoms with Crippen molar-refractivity contribution < 1.29 is 0 Å². The van der Waals surface area contributed by atoms with Gasteiger partial charge in [0.25, 0.3) is 0 Å². The lowest BCUT2D eigenvalue weighted by Gasteiger charge is -2.08. The Bertz CT molecular complexity index is 942. The fourth-order valence-corrected chi connectivity index (χ4v) is 3.18. The Hall–Kier alpha value is -2.60. The van der Waals surface area contributed by atoms with E-state index in [1.807, 2.05) is 42.9 Å². The van der Waals surface area contributed by atoms with E-state index in [2.05, 4.69) is 36.9 Å². The normalized spacial score (nSPS) is 11.7. The molecule has 3 aromatic heterocycles. The molecule has 0 atom stereocenters. The minimum Gasteiger partial charge on any atom is -0.370 e. The van der Waals surface area contributed by atoms with Gasteiger partial charge in [0, 0.05) is 17.6 Å². The van der Waals surface area contributed by atoms with Gasteiger partial charge in [-0.05, 0) is 49.9 Å². The molecule has 0 amide bonds. The number of hydrogen-bond donors (Lipinski definition) is 1. The molecule has 0 fully saturated rings. The van der Waals surface area contributed by atoms with Crippen molar-refractivity contribution in [1.29, 1.82) is 0 Å². The molecule has 0 aliphatic carbocycles. The average Bonchev–Trinajstić information content (AvgIpc) is 3.02. The smallest absolute Gasteiger partial charge is 0.165 e. The molecule has 0 aliphatic rings. The first-order valence-electron chi connectivity index (χ1n) is 8.17. The Kier molecular flexibility index (Phi) is 5.19. The van der Waals surface area contributed by atoms with E-state index in [1.54, 1.807) is 16.3 Å². The second-order valence-electron chi connectivity index (χ2n) is 5.52. The average molecular weight is 351 g/mol. The van der Waals surface area contributed by atoms with Crippen molar-refractivity contribution >= 4 is 28.1 Å². The largest absolute Gasteiger partial charge is 0.370 e. The molecule has 25 heavy (non-hydrogen) atoms. The number of fused-ring (bicyclic) bond motifs is 1. The zero-order chi connectivity index (χ0) is 17.8. The summed E-state index contributed by atoms with van der Waals surface area (Å²) in [5.74, 6) is 0.865. The predicted octanol–water partition coefficient (Wildman–Crippen LogP) is 4.77. The SMILES string of the molecule is C=CS/C(=C\C)c1ccn2ncc(-c3cc(C)cc(NCC)n3)c2n1. The Morgan fingerprint density at radius 1 is 1.36 bits per heavy atom. The summed E-state index contributed by atoms with van der Waals surface area (Å²) in [6, 6.07) is 6.06. The van der Waals surface area contributed by atoms with Crippen LogP contribution in [0.4, 0.5) is 5.82 Å². The first kappa shape index (κ1) is 17.2. The molecule has 0 aliphatic heterocycles. The van der Waals surface area contributed by atoms with Crippen LogP contribution in [-0.4, -0.2) is 26.1 Å². The number of hydrogen-bond acceptors (Lipinski definition) is 5. The van der Waals surface area contributed by atoms with Gasteiger partial charge < -0.3 is 5.32 Å². The van der Waals surface area contributed by atoms with E-state index in [-0.39, 0.29) is 0 Å². The molecule has 128 valence electrons. The number of allylic oxidation sites excluding steroid dienone is 1. The first-order chi connectivity index (χ1) is 12.2.